The number of carboxylic acid groups (broad SMARTS) is 1. The molecule has 48 heavy (non-hydrogen) atoms. The molecule has 15 heteroatoms. The monoisotopic (exact) mass is 670 g/mol. The summed E-state index contributed by atoms with van der Waals surface area (Å²) in [6.45, 7) is 5.26. The Hall–Kier alpha value is -5.02. The van der Waals surface area contributed by atoms with Crippen LogP contribution in [0.25, 0.3) is 11.1 Å². The van der Waals surface area contributed by atoms with Crippen LogP contribution in [0, 0.1) is 0 Å². The Morgan fingerprint density at radius 2 is 1.35 bits per heavy atom. The molecule has 0 unspecified atom stereocenters. The van der Waals surface area contributed by atoms with E-state index in [4.69, 9.17) is 28.4 Å². The molecule has 258 valence electrons. The fourth-order valence-electron chi connectivity index (χ4n) is 5.84. The lowest BCUT2D eigenvalue weighted by Gasteiger charge is -2.45. The van der Waals surface area contributed by atoms with Crippen molar-refractivity contribution in [2.24, 2.45) is 0 Å². The molecule has 0 spiro atoms. The minimum Gasteiger partial charge on any atom is -0.480 e. The Bertz CT molecular complexity index is 1500. The average Bonchev–Trinajstić information content (AvgIpc) is 3.33. The van der Waals surface area contributed by atoms with Gasteiger partial charge < -0.3 is 44.2 Å². The fraction of sp³-hybridized carbons (Fsp3) is 0.455. The molecule has 1 aliphatic carbocycles. The maximum Gasteiger partial charge on any atom is 0.407 e. The SMILES string of the molecule is CC(=O)N[C@H]1[C@@H](O[C@H](C)[C@H](NC(=O)OCC2c3ccccc3-c3ccccc32)C(=O)O)O[C@@H](COC(C)=O)[C@@H](OC(C)=O)[C@H]1OC(C)=O. The first kappa shape index (κ1) is 35.8. The van der Waals surface area contributed by atoms with Crippen molar-refractivity contribution in [3.63, 3.8) is 0 Å². The Morgan fingerprint density at radius 3 is 1.88 bits per heavy atom. The van der Waals surface area contributed by atoms with E-state index in [0.29, 0.717) is 0 Å². The third kappa shape index (κ3) is 8.66. The zero-order valence-corrected chi connectivity index (χ0v) is 27.0. The van der Waals surface area contributed by atoms with Gasteiger partial charge in [0.15, 0.2) is 24.5 Å². The predicted octanol–water partition coefficient (Wildman–Crippen LogP) is 2.04. The number of hydrogen-bond donors (Lipinski definition) is 3. The second-order valence-electron chi connectivity index (χ2n) is 11.3. The number of amides is 2. The van der Waals surface area contributed by atoms with Gasteiger partial charge in [-0.3, -0.25) is 19.2 Å². The average molecular weight is 671 g/mol. The standard InChI is InChI=1S/C33H38N2O13/c1-16(27(31(40)41)35-33(42)44-14-25-23-12-8-6-10-21(23)22-11-7-9-13-24(22)25)45-32-28(34-17(2)36)30(47-20(5)39)29(46-19(4)38)26(48-32)15-43-18(3)37/h6-13,16,25-30,32H,14-15H2,1-5H3,(H,34,36)(H,35,42)(H,40,41)/t16-,26+,27+,28-,29-,30+,32+/m1/s1. The van der Waals surface area contributed by atoms with Crippen LogP contribution in [0.2, 0.25) is 0 Å². The minimum absolute atomic E-state index is 0.0722. The van der Waals surface area contributed by atoms with Gasteiger partial charge in [-0.15, -0.1) is 0 Å². The molecule has 2 amide bonds. The van der Waals surface area contributed by atoms with E-state index in [2.05, 4.69) is 10.6 Å². The molecule has 1 saturated heterocycles. The first-order valence-electron chi connectivity index (χ1n) is 15.2. The molecule has 7 atom stereocenters. The van der Waals surface area contributed by atoms with E-state index in [0.717, 1.165) is 49.9 Å². The van der Waals surface area contributed by atoms with Crippen LogP contribution < -0.4 is 10.6 Å². The van der Waals surface area contributed by atoms with Gasteiger partial charge in [0.1, 0.15) is 25.4 Å². The van der Waals surface area contributed by atoms with Crippen LogP contribution in [0.4, 0.5) is 4.79 Å². The number of benzene rings is 2. The molecule has 0 saturated carbocycles. The molecule has 2 aromatic rings. The lowest BCUT2D eigenvalue weighted by Crippen LogP contribution is -2.67. The molecule has 15 nitrogen and oxygen atoms in total. The number of ether oxygens (including phenoxy) is 6. The number of rotatable bonds is 12. The Morgan fingerprint density at radius 1 is 0.792 bits per heavy atom. The van der Waals surface area contributed by atoms with Crippen LogP contribution in [0.5, 0.6) is 0 Å². The van der Waals surface area contributed by atoms with Crippen LogP contribution in [0.1, 0.15) is 51.7 Å². The molecule has 4 rings (SSSR count). The molecule has 0 aromatic heterocycles. The first-order valence-corrected chi connectivity index (χ1v) is 15.2. The summed E-state index contributed by atoms with van der Waals surface area (Å²) in [6, 6.07) is 12.4. The molecule has 2 aliphatic rings. The number of alkyl carbamates (subject to hydrolysis) is 1. The number of hydrogen-bond acceptors (Lipinski definition) is 12. The smallest absolute Gasteiger partial charge is 0.407 e. The van der Waals surface area contributed by atoms with Gasteiger partial charge >= 0.3 is 30.0 Å². The molecule has 1 aliphatic heterocycles. The third-order valence-electron chi connectivity index (χ3n) is 7.77. The summed E-state index contributed by atoms with van der Waals surface area (Å²) >= 11 is 0. The van der Waals surface area contributed by atoms with Crippen LogP contribution in [-0.4, -0.2) is 97.0 Å². The van der Waals surface area contributed by atoms with Crippen molar-refractivity contribution in [2.75, 3.05) is 13.2 Å². The quantitative estimate of drug-likeness (QED) is 0.219. The number of nitrogens with one attached hydrogen (secondary N) is 2. The van der Waals surface area contributed by atoms with Crippen molar-refractivity contribution in [1.82, 2.24) is 10.6 Å². The van der Waals surface area contributed by atoms with Gasteiger partial charge in [-0.2, -0.15) is 0 Å². The third-order valence-corrected chi connectivity index (χ3v) is 7.77. The molecule has 0 bridgehead atoms. The highest BCUT2D eigenvalue weighted by Crippen LogP contribution is 2.44. The molecule has 2 aromatic carbocycles. The van der Waals surface area contributed by atoms with Crippen LogP contribution >= 0.6 is 0 Å². The summed E-state index contributed by atoms with van der Waals surface area (Å²) in [5.74, 6) is -4.67. The van der Waals surface area contributed by atoms with Crippen molar-refractivity contribution in [3.8, 4) is 11.1 Å². The Balaban J connectivity index is 1.52. The number of carboxylic acids is 1. The van der Waals surface area contributed by atoms with Gasteiger partial charge in [0.2, 0.25) is 5.91 Å². The second kappa shape index (κ2) is 15.7. The zero-order valence-electron chi connectivity index (χ0n) is 27.0. The summed E-state index contributed by atoms with van der Waals surface area (Å²) < 4.78 is 33.2. The van der Waals surface area contributed by atoms with Gasteiger partial charge in [-0.05, 0) is 29.2 Å². The van der Waals surface area contributed by atoms with E-state index in [1.807, 2.05) is 48.5 Å². The highest BCUT2D eigenvalue weighted by atomic mass is 16.7. The number of aliphatic carboxylic acids is 1. The van der Waals surface area contributed by atoms with Crippen molar-refractivity contribution < 1.29 is 62.3 Å². The summed E-state index contributed by atoms with van der Waals surface area (Å²) in [4.78, 5) is 73.2. The van der Waals surface area contributed by atoms with Gasteiger partial charge in [-0.25, -0.2) is 9.59 Å². The summed E-state index contributed by atoms with van der Waals surface area (Å²) in [5.41, 5.74) is 3.97. The largest absolute Gasteiger partial charge is 0.480 e. The Labute approximate surface area is 276 Å². The highest BCUT2D eigenvalue weighted by molar-refractivity contribution is 5.81. The van der Waals surface area contributed by atoms with Crippen molar-refractivity contribution >= 4 is 35.9 Å². The first-order chi connectivity index (χ1) is 22.8. The zero-order chi connectivity index (χ0) is 35.1. The Kier molecular flexibility index (Phi) is 11.7. The van der Waals surface area contributed by atoms with Crippen LogP contribution in [0.15, 0.2) is 48.5 Å². The van der Waals surface area contributed by atoms with Crippen molar-refractivity contribution in [3.05, 3.63) is 59.7 Å². The number of carbonyl (C=O) groups excluding carboxylic acids is 5. The molecule has 3 N–H and O–H groups in total. The molecular weight excluding hydrogens is 632 g/mol. The topological polar surface area (TPSA) is 202 Å². The van der Waals surface area contributed by atoms with Crippen LogP contribution in [0.3, 0.4) is 0 Å². The molecule has 1 fully saturated rings. The van der Waals surface area contributed by atoms with E-state index < -0.39 is 85.3 Å². The van der Waals surface area contributed by atoms with E-state index in [1.165, 1.54) is 6.92 Å². The van der Waals surface area contributed by atoms with E-state index >= 15 is 0 Å². The van der Waals surface area contributed by atoms with Crippen molar-refractivity contribution in [1.29, 1.82) is 0 Å². The summed E-state index contributed by atoms with van der Waals surface area (Å²) in [7, 11) is 0. The lowest BCUT2D eigenvalue weighted by molar-refractivity contribution is -0.287. The van der Waals surface area contributed by atoms with E-state index in [1.54, 1.807) is 0 Å². The van der Waals surface area contributed by atoms with Crippen LogP contribution in [-0.2, 0) is 52.4 Å². The van der Waals surface area contributed by atoms with Gasteiger partial charge in [0, 0.05) is 33.6 Å². The molecular formula is C33H38N2O13. The maximum atomic E-state index is 13.0. The molecule has 0 radical (unpaired) electrons. The summed E-state index contributed by atoms with van der Waals surface area (Å²) in [6.07, 6.45) is -7.98. The number of fused-ring (bicyclic) bond motifs is 3. The number of carbonyl (C=O) groups is 6. The predicted molar refractivity (Wildman–Crippen MR) is 164 cm³/mol. The normalized spacial score (nSPS) is 22.6. The minimum atomic E-state index is -1.69. The lowest BCUT2D eigenvalue weighted by atomic mass is 9.95. The fourth-order valence-corrected chi connectivity index (χ4v) is 5.84. The second-order valence-corrected chi connectivity index (χ2v) is 11.3. The summed E-state index contributed by atoms with van der Waals surface area (Å²) in [5, 5.41) is 14.9. The highest BCUT2D eigenvalue weighted by Gasteiger charge is 2.52. The van der Waals surface area contributed by atoms with E-state index in [9.17, 15) is 33.9 Å². The van der Waals surface area contributed by atoms with Gasteiger partial charge in [-0.1, -0.05) is 48.5 Å². The maximum absolute atomic E-state index is 13.0. The number of esters is 3. The molecule has 1 heterocycles. The van der Waals surface area contributed by atoms with Crippen molar-refractivity contribution in [2.45, 2.75) is 83.3 Å². The van der Waals surface area contributed by atoms with Gasteiger partial charge in [0.05, 0.1) is 6.10 Å². The van der Waals surface area contributed by atoms with Gasteiger partial charge in [0.25, 0.3) is 0 Å². The van der Waals surface area contributed by atoms with E-state index in [-0.39, 0.29) is 12.5 Å².